The zero-order valence-electron chi connectivity index (χ0n) is 45.0. The van der Waals surface area contributed by atoms with Crippen LogP contribution in [0.4, 0.5) is 0 Å². The van der Waals surface area contributed by atoms with Gasteiger partial charge in [-0.2, -0.15) is 0 Å². The summed E-state index contributed by atoms with van der Waals surface area (Å²) in [6, 6.07) is 15.6. The van der Waals surface area contributed by atoms with E-state index in [-0.39, 0.29) is 86.6 Å². The molecule has 4 aromatic carbocycles. The molecule has 4 aromatic rings. The predicted molar refractivity (Wildman–Crippen MR) is 285 cm³/mol. The van der Waals surface area contributed by atoms with Gasteiger partial charge in [-0.25, -0.2) is 19.2 Å². The van der Waals surface area contributed by atoms with Gasteiger partial charge in [0.05, 0.1) is 40.6 Å². The zero-order chi connectivity index (χ0) is 57.0. The number of benzene rings is 4. The van der Waals surface area contributed by atoms with Crippen LogP contribution in [0, 0.1) is 13.8 Å². The molecule has 0 aromatic heterocycles. The molecule has 0 saturated heterocycles. The van der Waals surface area contributed by atoms with Gasteiger partial charge in [-0.15, -0.1) is 0 Å². The van der Waals surface area contributed by atoms with E-state index in [1.54, 1.807) is 101 Å². The van der Waals surface area contributed by atoms with Gasteiger partial charge in [0, 0.05) is 22.3 Å². The van der Waals surface area contributed by atoms with Crippen LogP contribution in [0.25, 0.3) is 0 Å². The van der Waals surface area contributed by atoms with Gasteiger partial charge in [0.1, 0.15) is 77.3 Å². The number of allylic oxidation sites excluding steroid dienone is 2. The third kappa shape index (κ3) is 17.9. The molecule has 0 amide bonds. The molecule has 0 aliphatic carbocycles. The van der Waals surface area contributed by atoms with E-state index in [4.69, 9.17) is 47.9 Å². The standard InChI is InChI=1S/C27H34NO9P.C22H25O8P.C5H11NO2/c1-6-35-26(30)19(4)28-38(32,37-20-10-8-7-9-11-20)16-34-14-17(2)12-13-21-24(29)23-22(15-36-27(23)31)18(3)25(21)33-5;1-14(11-28-13-31(25,26)30-16-7-5-4-6-8-16)9-10-17-20(23)19-18(12-29-22(19)24)15(2)21(17)27-3;1-3-8-5(7)4(2)6/h7-12,19,29H,6,13-16H2,1-5H3,(H,28,32);4-9,23H,10-13H2,1-3H3,(H,25,26);4H,3,6H2,1-2H3/b17-12+;14-9+;/t19-,38?;;4-/m0.0/s1. The smallest absolute Gasteiger partial charge is 0.402 e. The number of hydrogen-bond acceptors (Lipinski definition) is 19. The highest BCUT2D eigenvalue weighted by Gasteiger charge is 2.34. The Bertz CT molecular complexity index is 2850. The first-order valence-corrected chi connectivity index (χ1v) is 28.0. The molecule has 0 spiro atoms. The molecular weight excluding hydrogens is 1040 g/mol. The number of para-hydroxylation sites is 2. The summed E-state index contributed by atoms with van der Waals surface area (Å²) in [6.07, 6.45) is 3.39. The van der Waals surface area contributed by atoms with Gasteiger partial charge in [-0.05, 0) is 104 Å². The Kier molecular flexibility index (Phi) is 24.3. The third-order valence-electron chi connectivity index (χ3n) is 11.5. The number of methoxy groups -OCH3 is 2. The molecule has 77 heavy (non-hydrogen) atoms. The molecule has 2 aliphatic rings. The number of carbonyl (C=O) groups excluding carboxylic acids is 4. The van der Waals surface area contributed by atoms with E-state index in [9.17, 15) is 43.4 Å². The average Bonchev–Trinajstić information content (AvgIpc) is 3.98. The minimum absolute atomic E-state index is 0.0950. The summed E-state index contributed by atoms with van der Waals surface area (Å²) in [5.41, 5.74) is 10.7. The monoisotopic (exact) mass is 1110 g/mol. The van der Waals surface area contributed by atoms with Crippen molar-refractivity contribution in [1.82, 2.24) is 5.09 Å². The molecule has 0 fully saturated rings. The molecule has 4 atom stereocenters. The number of nitrogens with two attached hydrogens (primary N) is 1. The number of fused-ring (bicyclic) bond motifs is 2. The minimum atomic E-state index is -3.95. The van der Waals surface area contributed by atoms with Crippen molar-refractivity contribution in [2.75, 3.05) is 53.3 Å². The van der Waals surface area contributed by atoms with Crippen molar-refractivity contribution >= 4 is 39.0 Å². The number of nitrogens with one attached hydrogen (secondary N) is 1. The molecule has 6 N–H and O–H groups in total. The second-order valence-electron chi connectivity index (χ2n) is 17.6. The summed E-state index contributed by atoms with van der Waals surface area (Å²) in [5, 5.41) is 24.1. The van der Waals surface area contributed by atoms with Crippen molar-refractivity contribution in [3.63, 3.8) is 0 Å². The van der Waals surface area contributed by atoms with Gasteiger partial charge in [0.15, 0.2) is 6.35 Å². The summed E-state index contributed by atoms with van der Waals surface area (Å²) in [5.74, 6) is -0.685. The van der Waals surface area contributed by atoms with E-state index >= 15 is 0 Å². The second kappa shape index (κ2) is 29.7. The van der Waals surface area contributed by atoms with Crippen LogP contribution in [0.2, 0.25) is 0 Å². The van der Waals surface area contributed by atoms with Gasteiger partial charge in [0.25, 0.3) is 0 Å². The lowest BCUT2D eigenvalue weighted by atomic mass is 9.95. The van der Waals surface area contributed by atoms with Crippen LogP contribution >= 0.6 is 15.1 Å². The van der Waals surface area contributed by atoms with Crippen LogP contribution in [-0.2, 0) is 73.2 Å². The van der Waals surface area contributed by atoms with Crippen LogP contribution in [0.3, 0.4) is 0 Å². The number of hydrogen-bond donors (Lipinski definition) is 5. The molecule has 420 valence electrons. The molecule has 2 unspecified atom stereocenters. The molecule has 0 radical (unpaired) electrons. The summed E-state index contributed by atoms with van der Waals surface area (Å²) in [7, 11) is -4.61. The largest absolute Gasteiger partial charge is 0.507 e. The van der Waals surface area contributed by atoms with Crippen molar-refractivity contribution in [3.8, 4) is 34.5 Å². The van der Waals surface area contributed by atoms with Gasteiger partial charge in [-0.3, -0.25) is 14.2 Å². The lowest BCUT2D eigenvalue weighted by Crippen LogP contribution is -2.35. The lowest BCUT2D eigenvalue weighted by Gasteiger charge is -2.23. The quantitative estimate of drug-likeness (QED) is 0.0190. The number of carbonyl (C=O) groups is 4. The van der Waals surface area contributed by atoms with E-state index < -0.39 is 51.5 Å². The average molecular weight is 1110 g/mol. The Morgan fingerprint density at radius 1 is 0.701 bits per heavy atom. The number of aromatic hydroxyl groups is 2. The molecule has 23 heteroatoms. The maximum Gasteiger partial charge on any atom is 0.402 e. The van der Waals surface area contributed by atoms with E-state index in [1.165, 1.54) is 14.2 Å². The maximum atomic E-state index is 13.6. The van der Waals surface area contributed by atoms with Gasteiger partial charge < -0.3 is 67.8 Å². The summed E-state index contributed by atoms with van der Waals surface area (Å²) in [6.45, 7) is 14.8. The van der Waals surface area contributed by atoms with E-state index in [2.05, 4.69) is 9.82 Å². The highest BCUT2D eigenvalue weighted by Crippen LogP contribution is 2.46. The van der Waals surface area contributed by atoms with Crippen molar-refractivity contribution in [3.05, 3.63) is 128 Å². The molecule has 21 nitrogen and oxygen atoms in total. The maximum absolute atomic E-state index is 13.6. The summed E-state index contributed by atoms with van der Waals surface area (Å²) < 4.78 is 78.3. The fourth-order valence-corrected chi connectivity index (χ4v) is 10.2. The number of phenols is 2. The highest BCUT2D eigenvalue weighted by atomic mass is 31.2. The Morgan fingerprint density at radius 2 is 1.12 bits per heavy atom. The predicted octanol–water partition coefficient (Wildman–Crippen LogP) is 8.66. The van der Waals surface area contributed by atoms with Crippen LogP contribution < -0.4 is 29.3 Å². The van der Waals surface area contributed by atoms with E-state index in [1.807, 2.05) is 26.8 Å². The van der Waals surface area contributed by atoms with Crippen molar-refractivity contribution < 1.29 is 90.4 Å². The van der Waals surface area contributed by atoms with E-state index in [0.717, 1.165) is 22.3 Å². The Hall–Kier alpha value is -6.70. The first-order chi connectivity index (χ1) is 36.5. The van der Waals surface area contributed by atoms with Crippen molar-refractivity contribution in [2.45, 2.75) is 93.5 Å². The highest BCUT2D eigenvalue weighted by molar-refractivity contribution is 7.57. The van der Waals surface area contributed by atoms with Gasteiger partial charge in [-0.1, -0.05) is 59.7 Å². The van der Waals surface area contributed by atoms with E-state index in [0.29, 0.717) is 46.1 Å². The van der Waals surface area contributed by atoms with Gasteiger partial charge in [0.2, 0.25) is 0 Å². The molecule has 0 saturated carbocycles. The number of esters is 4. The molecule has 2 heterocycles. The normalized spacial score (nSPS) is 15.0. The molecule has 0 bridgehead atoms. The number of ether oxygens (including phenoxy) is 8. The van der Waals surface area contributed by atoms with Crippen LogP contribution in [0.1, 0.15) is 95.6 Å². The Labute approximate surface area is 448 Å². The van der Waals surface area contributed by atoms with Gasteiger partial charge >= 0.3 is 39.0 Å². The SMILES string of the molecule is CCOC(=O)[C@H](C)N.CCOC(=O)[C@H](C)NP(=O)(COC/C(C)=C/Cc1c(O)c2c(c(C)c1OC)COC2=O)Oc1ccccc1.COc1c(C)c2c(c(O)c1C/C=C(\C)COCP(=O)(O)Oc1ccccc1)C(=O)OC2. The van der Waals surface area contributed by atoms with Crippen molar-refractivity contribution in [1.29, 1.82) is 0 Å². The van der Waals surface area contributed by atoms with Crippen LogP contribution in [-0.4, -0.2) is 104 Å². The summed E-state index contributed by atoms with van der Waals surface area (Å²) >= 11 is 0. The van der Waals surface area contributed by atoms with Crippen molar-refractivity contribution in [2.24, 2.45) is 5.73 Å². The molecule has 6 rings (SSSR count). The topological polar surface area (TPSA) is 293 Å². The lowest BCUT2D eigenvalue weighted by molar-refractivity contribution is -0.145. The third-order valence-corrected chi connectivity index (χ3v) is 14.3. The first kappa shape index (κ1) is 62.8. The Morgan fingerprint density at radius 3 is 1.52 bits per heavy atom. The Balaban J connectivity index is 0.000000295. The van der Waals surface area contributed by atoms with Crippen LogP contribution in [0.15, 0.2) is 84.0 Å². The fourth-order valence-electron chi connectivity index (χ4n) is 7.68. The molecule has 2 aliphatic heterocycles. The number of cyclic esters (lactones) is 2. The van der Waals surface area contributed by atoms with Crippen LogP contribution in [0.5, 0.6) is 34.5 Å². The minimum Gasteiger partial charge on any atom is -0.507 e. The zero-order valence-corrected chi connectivity index (χ0v) is 46.8. The second-order valence-corrected chi connectivity index (χ2v) is 21.3. The summed E-state index contributed by atoms with van der Waals surface area (Å²) in [4.78, 5) is 56.5. The molecular formula is C54H70N2O19P2. The number of phenolic OH excluding ortho intramolecular Hbond substituents is 2. The fraction of sp³-hybridized carbons (Fsp3) is 0.407. The first-order valence-electron chi connectivity index (χ1n) is 24.4. The number of rotatable bonds is 24.